The second-order valence-electron chi connectivity index (χ2n) is 16.6. The Bertz CT molecular complexity index is 3520. The lowest BCUT2D eigenvalue weighted by Gasteiger charge is -2.22. The first-order valence-electron chi connectivity index (χ1n) is 20.5. The van der Waals surface area contributed by atoms with Gasteiger partial charge in [0.05, 0.1) is 11.4 Å². The second kappa shape index (κ2) is 12.8. The van der Waals surface area contributed by atoms with E-state index < -0.39 is 0 Å². The van der Waals surface area contributed by atoms with Crippen LogP contribution in [0.3, 0.4) is 0 Å². The van der Waals surface area contributed by atoms with Crippen molar-refractivity contribution in [1.82, 2.24) is 9.97 Å². The Hall–Kier alpha value is -7.42. The number of hydrogen-bond donors (Lipinski definition) is 0. The molecule has 59 heavy (non-hydrogen) atoms. The summed E-state index contributed by atoms with van der Waals surface area (Å²) in [6.45, 7) is 4.70. The summed E-state index contributed by atoms with van der Waals surface area (Å²) >= 11 is 0. The van der Waals surface area contributed by atoms with Crippen LogP contribution in [-0.4, -0.2) is 9.97 Å². The number of fused-ring (bicyclic) bond motifs is 10. The number of nitrogens with zero attached hydrogens (tertiary/aromatic N) is 2. The van der Waals surface area contributed by atoms with E-state index in [4.69, 9.17) is 9.97 Å². The highest BCUT2D eigenvalue weighted by atomic mass is 14.9. The third-order valence-corrected chi connectivity index (χ3v) is 12.8. The maximum atomic E-state index is 5.31. The molecule has 0 saturated carbocycles. The molecule has 1 heterocycles. The van der Waals surface area contributed by atoms with Crippen LogP contribution in [0.15, 0.2) is 194 Å². The van der Waals surface area contributed by atoms with Crippen LogP contribution >= 0.6 is 0 Å². The van der Waals surface area contributed by atoms with Crippen LogP contribution < -0.4 is 0 Å². The predicted molar refractivity (Wildman–Crippen MR) is 249 cm³/mol. The topological polar surface area (TPSA) is 25.8 Å². The maximum Gasteiger partial charge on any atom is 0.160 e. The first kappa shape index (κ1) is 33.7. The molecule has 11 aromatic rings. The van der Waals surface area contributed by atoms with Gasteiger partial charge in [0, 0.05) is 22.1 Å². The quantitative estimate of drug-likeness (QED) is 0.167. The van der Waals surface area contributed by atoms with Crippen molar-refractivity contribution in [2.45, 2.75) is 19.3 Å². The van der Waals surface area contributed by atoms with E-state index in [9.17, 15) is 0 Å². The molecule has 0 amide bonds. The van der Waals surface area contributed by atoms with Gasteiger partial charge in [0.1, 0.15) is 0 Å². The van der Waals surface area contributed by atoms with Gasteiger partial charge < -0.3 is 0 Å². The standard InChI is InChI=1S/C57H38N2/c1-57(2)51-18-10-17-49(55(51)50-32-37-14-6-7-15-38(37)33-52(50)57)54-34-53(58-56(59-54)36-12-4-3-5-13-36)44-22-21-40-29-39(19-20-41(40)31-44)42-24-26-46-43(30-42)25-28-47-45-16-9-8-11-35(45)23-27-48(46)47/h3-34H,1-2H3. The second-order valence-corrected chi connectivity index (χ2v) is 16.6. The van der Waals surface area contributed by atoms with Crippen molar-refractivity contribution in [1.29, 1.82) is 0 Å². The number of hydrogen-bond acceptors (Lipinski definition) is 2. The highest BCUT2D eigenvalue weighted by Crippen LogP contribution is 2.53. The summed E-state index contributed by atoms with van der Waals surface area (Å²) < 4.78 is 0. The highest BCUT2D eigenvalue weighted by molar-refractivity contribution is 6.17. The van der Waals surface area contributed by atoms with Gasteiger partial charge in [-0.3, -0.25) is 0 Å². The minimum Gasteiger partial charge on any atom is -0.228 e. The van der Waals surface area contributed by atoms with Gasteiger partial charge in [0.15, 0.2) is 5.82 Å². The zero-order chi connectivity index (χ0) is 39.2. The molecule has 0 radical (unpaired) electrons. The lowest BCUT2D eigenvalue weighted by Crippen LogP contribution is -2.14. The van der Waals surface area contributed by atoms with Crippen LogP contribution in [0.4, 0.5) is 0 Å². The summed E-state index contributed by atoms with van der Waals surface area (Å²) in [6.07, 6.45) is 0. The molecule has 0 spiro atoms. The Labute approximate surface area is 343 Å². The Morgan fingerprint density at radius 1 is 0.322 bits per heavy atom. The predicted octanol–water partition coefficient (Wildman–Crippen LogP) is 15.2. The third-order valence-electron chi connectivity index (χ3n) is 12.8. The molecular weight excluding hydrogens is 713 g/mol. The SMILES string of the molecule is CC1(C)c2cc3ccccc3cc2-c2c(-c3cc(-c4ccc5cc(-c6ccc7c(ccc8c9ccccc9ccc78)c6)ccc5c4)nc(-c4ccccc4)n3)cccc21. The molecule has 0 atom stereocenters. The highest BCUT2D eigenvalue weighted by Gasteiger charge is 2.37. The van der Waals surface area contributed by atoms with Gasteiger partial charge in [-0.25, -0.2) is 9.97 Å². The molecule has 12 rings (SSSR count). The van der Waals surface area contributed by atoms with E-state index in [2.05, 4.69) is 202 Å². The Morgan fingerprint density at radius 2 is 0.881 bits per heavy atom. The smallest absolute Gasteiger partial charge is 0.160 e. The fourth-order valence-electron chi connectivity index (χ4n) is 9.73. The summed E-state index contributed by atoms with van der Waals surface area (Å²) in [5.74, 6) is 0.722. The summed E-state index contributed by atoms with van der Waals surface area (Å²) in [6, 6.07) is 70.8. The maximum absolute atomic E-state index is 5.31. The molecule has 0 unspecified atom stereocenters. The Balaban J connectivity index is 0.960. The van der Waals surface area contributed by atoms with Crippen molar-refractivity contribution in [2.75, 3.05) is 0 Å². The minimum absolute atomic E-state index is 0.142. The first-order chi connectivity index (χ1) is 29.0. The monoisotopic (exact) mass is 750 g/mol. The Morgan fingerprint density at radius 3 is 1.68 bits per heavy atom. The van der Waals surface area contributed by atoms with E-state index in [-0.39, 0.29) is 5.41 Å². The van der Waals surface area contributed by atoms with Crippen molar-refractivity contribution in [3.63, 3.8) is 0 Å². The number of rotatable bonds is 4. The number of benzene rings is 10. The van der Waals surface area contributed by atoms with Gasteiger partial charge in [0.25, 0.3) is 0 Å². The molecule has 1 aliphatic rings. The molecule has 0 bridgehead atoms. The third kappa shape index (κ3) is 5.34. The summed E-state index contributed by atoms with van der Waals surface area (Å²) in [5, 5.41) is 12.6. The summed E-state index contributed by atoms with van der Waals surface area (Å²) in [4.78, 5) is 10.5. The van der Waals surface area contributed by atoms with Crippen LogP contribution in [0.5, 0.6) is 0 Å². The lowest BCUT2D eigenvalue weighted by atomic mass is 9.81. The van der Waals surface area contributed by atoms with E-state index in [1.165, 1.54) is 87.2 Å². The van der Waals surface area contributed by atoms with E-state index in [0.29, 0.717) is 0 Å². The van der Waals surface area contributed by atoms with Crippen LogP contribution in [0.1, 0.15) is 25.0 Å². The average molecular weight is 751 g/mol. The normalized spacial score (nSPS) is 13.1. The van der Waals surface area contributed by atoms with E-state index in [0.717, 1.165) is 33.9 Å². The van der Waals surface area contributed by atoms with Crippen molar-refractivity contribution in [3.05, 3.63) is 205 Å². The molecular formula is C57H38N2. The summed E-state index contributed by atoms with van der Waals surface area (Å²) in [7, 11) is 0. The minimum atomic E-state index is -0.142. The van der Waals surface area contributed by atoms with E-state index in [1.807, 2.05) is 6.07 Å². The van der Waals surface area contributed by atoms with Crippen molar-refractivity contribution >= 4 is 53.9 Å². The van der Waals surface area contributed by atoms with Crippen LogP contribution in [0.2, 0.25) is 0 Å². The summed E-state index contributed by atoms with van der Waals surface area (Å²) in [5.41, 5.74) is 12.5. The molecule has 0 fully saturated rings. The average Bonchev–Trinajstić information content (AvgIpc) is 3.52. The molecule has 276 valence electrons. The Kier molecular flexibility index (Phi) is 7.31. The molecule has 0 aliphatic heterocycles. The lowest BCUT2D eigenvalue weighted by molar-refractivity contribution is 0.661. The molecule has 2 heteroatoms. The molecule has 1 aliphatic carbocycles. The fraction of sp³-hybridized carbons (Fsp3) is 0.0526. The molecule has 0 saturated heterocycles. The largest absolute Gasteiger partial charge is 0.228 e. The zero-order valence-electron chi connectivity index (χ0n) is 32.9. The molecule has 10 aromatic carbocycles. The van der Waals surface area contributed by atoms with E-state index >= 15 is 0 Å². The molecule has 0 N–H and O–H groups in total. The molecule has 2 nitrogen and oxygen atoms in total. The van der Waals surface area contributed by atoms with Crippen molar-refractivity contribution in [2.24, 2.45) is 0 Å². The van der Waals surface area contributed by atoms with Crippen LogP contribution in [0, 0.1) is 0 Å². The first-order valence-corrected chi connectivity index (χ1v) is 20.5. The van der Waals surface area contributed by atoms with Crippen LogP contribution in [-0.2, 0) is 5.41 Å². The number of aromatic nitrogens is 2. The van der Waals surface area contributed by atoms with Gasteiger partial charge in [0.2, 0.25) is 0 Å². The molecule has 1 aromatic heterocycles. The van der Waals surface area contributed by atoms with Gasteiger partial charge in [-0.15, -0.1) is 0 Å². The fourth-order valence-corrected chi connectivity index (χ4v) is 9.73. The van der Waals surface area contributed by atoms with Crippen molar-refractivity contribution < 1.29 is 0 Å². The van der Waals surface area contributed by atoms with Crippen LogP contribution in [0.25, 0.3) is 110 Å². The van der Waals surface area contributed by atoms with E-state index in [1.54, 1.807) is 0 Å². The van der Waals surface area contributed by atoms with Crippen molar-refractivity contribution in [3.8, 4) is 56.2 Å². The van der Waals surface area contributed by atoms with Gasteiger partial charge >= 0.3 is 0 Å². The van der Waals surface area contributed by atoms with Gasteiger partial charge in [-0.1, -0.05) is 172 Å². The van der Waals surface area contributed by atoms with Gasteiger partial charge in [-0.05, 0) is 124 Å². The van der Waals surface area contributed by atoms with Gasteiger partial charge in [-0.2, -0.15) is 0 Å². The zero-order valence-corrected chi connectivity index (χ0v) is 32.9.